The molecule has 1 unspecified atom stereocenters. The molecule has 1 heterocycles. The van der Waals surface area contributed by atoms with Crippen LogP contribution in [0.25, 0.3) is 0 Å². The molecule has 1 atom stereocenters. The van der Waals surface area contributed by atoms with Gasteiger partial charge in [0.2, 0.25) is 10.0 Å². The summed E-state index contributed by atoms with van der Waals surface area (Å²) in [4.78, 5) is -0.422. The van der Waals surface area contributed by atoms with Crippen molar-refractivity contribution < 1.29 is 27.0 Å². The van der Waals surface area contributed by atoms with Gasteiger partial charge >= 0.3 is 0 Å². The molecule has 1 aliphatic rings. The average Bonchev–Trinajstić information content (AvgIpc) is 2.46. The zero-order chi connectivity index (χ0) is 15.6. The van der Waals surface area contributed by atoms with Crippen LogP contribution < -0.4 is 9.47 Å². The Hall–Kier alpha value is -1.38. The zero-order valence-electron chi connectivity index (χ0n) is 12.1. The van der Waals surface area contributed by atoms with Gasteiger partial charge in [-0.3, -0.25) is 0 Å². The van der Waals surface area contributed by atoms with E-state index < -0.39 is 20.7 Å². The third kappa shape index (κ3) is 3.12. The van der Waals surface area contributed by atoms with Crippen LogP contribution in [0.15, 0.2) is 17.0 Å². The second kappa shape index (κ2) is 6.17. The topological polar surface area (TPSA) is 65.1 Å². The van der Waals surface area contributed by atoms with Crippen molar-refractivity contribution in [3.8, 4) is 11.5 Å². The Morgan fingerprint density at radius 2 is 1.90 bits per heavy atom. The molecular weight excluding hydrogens is 301 g/mol. The number of morpholine rings is 1. The summed E-state index contributed by atoms with van der Waals surface area (Å²) in [6.45, 7) is 2.44. The summed E-state index contributed by atoms with van der Waals surface area (Å²) in [5.41, 5.74) is 0. The van der Waals surface area contributed by atoms with E-state index in [4.69, 9.17) is 14.2 Å². The van der Waals surface area contributed by atoms with Gasteiger partial charge in [0, 0.05) is 25.2 Å². The molecule has 21 heavy (non-hydrogen) atoms. The van der Waals surface area contributed by atoms with Gasteiger partial charge in [0.25, 0.3) is 0 Å². The quantitative estimate of drug-likeness (QED) is 0.836. The molecular formula is C13H18FNO5S. The molecule has 1 saturated heterocycles. The predicted octanol–water partition coefficient (Wildman–Crippen LogP) is 1.25. The Bertz CT molecular complexity index is 619. The van der Waals surface area contributed by atoms with Gasteiger partial charge < -0.3 is 14.2 Å². The highest BCUT2D eigenvalue weighted by atomic mass is 32.2. The van der Waals surface area contributed by atoms with E-state index in [9.17, 15) is 12.8 Å². The SMILES string of the molecule is COc1cc(F)c(S(=O)(=O)N2CCOC(C)C2)cc1OC. The highest BCUT2D eigenvalue weighted by molar-refractivity contribution is 7.89. The van der Waals surface area contributed by atoms with E-state index in [2.05, 4.69) is 0 Å². The van der Waals surface area contributed by atoms with Crippen LogP contribution >= 0.6 is 0 Å². The lowest BCUT2D eigenvalue weighted by molar-refractivity contribution is 0.0101. The minimum Gasteiger partial charge on any atom is -0.493 e. The normalized spacial score (nSPS) is 20.3. The van der Waals surface area contributed by atoms with Gasteiger partial charge in [-0.1, -0.05) is 0 Å². The number of hydrogen-bond donors (Lipinski definition) is 0. The maximum atomic E-state index is 14.1. The first-order chi connectivity index (χ1) is 9.90. The molecule has 0 N–H and O–H groups in total. The standard InChI is InChI=1S/C13H18FNO5S/c1-9-8-15(4-5-20-9)21(16,17)13-7-12(19-3)11(18-2)6-10(13)14/h6-7,9H,4-5,8H2,1-3H3. The summed E-state index contributed by atoms with van der Waals surface area (Å²) in [6, 6.07) is 2.15. The van der Waals surface area contributed by atoms with Crippen molar-refractivity contribution in [2.24, 2.45) is 0 Å². The van der Waals surface area contributed by atoms with E-state index >= 15 is 0 Å². The molecule has 8 heteroatoms. The van der Waals surface area contributed by atoms with Crippen molar-refractivity contribution in [3.05, 3.63) is 17.9 Å². The fraction of sp³-hybridized carbons (Fsp3) is 0.538. The summed E-state index contributed by atoms with van der Waals surface area (Å²) in [6.07, 6.45) is -0.225. The predicted molar refractivity (Wildman–Crippen MR) is 73.7 cm³/mol. The third-order valence-electron chi connectivity index (χ3n) is 3.26. The maximum Gasteiger partial charge on any atom is 0.246 e. The Labute approximate surface area is 123 Å². The second-order valence-corrected chi connectivity index (χ2v) is 6.59. The smallest absolute Gasteiger partial charge is 0.246 e. The molecule has 1 aromatic carbocycles. The second-order valence-electron chi connectivity index (χ2n) is 4.68. The van der Waals surface area contributed by atoms with Crippen molar-refractivity contribution in [2.75, 3.05) is 33.9 Å². The van der Waals surface area contributed by atoms with Gasteiger partial charge in [0.05, 0.1) is 26.9 Å². The summed E-state index contributed by atoms with van der Waals surface area (Å²) in [7, 11) is -1.22. The van der Waals surface area contributed by atoms with Crippen molar-refractivity contribution in [1.82, 2.24) is 4.31 Å². The first-order valence-corrected chi connectivity index (χ1v) is 7.87. The van der Waals surface area contributed by atoms with Crippen molar-refractivity contribution >= 4 is 10.0 Å². The molecule has 0 bridgehead atoms. The Balaban J connectivity index is 2.44. The van der Waals surface area contributed by atoms with E-state index in [1.54, 1.807) is 6.92 Å². The number of halogens is 1. The molecule has 2 rings (SSSR count). The van der Waals surface area contributed by atoms with Crippen LogP contribution in [0.5, 0.6) is 11.5 Å². The number of nitrogens with zero attached hydrogens (tertiary/aromatic N) is 1. The molecule has 118 valence electrons. The van der Waals surface area contributed by atoms with Gasteiger partial charge in [-0.25, -0.2) is 12.8 Å². The largest absolute Gasteiger partial charge is 0.493 e. The first-order valence-electron chi connectivity index (χ1n) is 6.43. The summed E-state index contributed by atoms with van der Waals surface area (Å²) in [5.74, 6) is -0.560. The van der Waals surface area contributed by atoms with E-state index in [1.165, 1.54) is 18.5 Å². The van der Waals surface area contributed by atoms with Crippen molar-refractivity contribution in [2.45, 2.75) is 17.9 Å². The fourth-order valence-electron chi connectivity index (χ4n) is 2.18. The number of benzene rings is 1. The van der Waals surface area contributed by atoms with Crippen LogP contribution in [0.2, 0.25) is 0 Å². The molecule has 0 spiro atoms. The van der Waals surface area contributed by atoms with Crippen LogP contribution in [0.3, 0.4) is 0 Å². The summed E-state index contributed by atoms with van der Waals surface area (Å²) < 4.78 is 55.7. The molecule has 6 nitrogen and oxygen atoms in total. The van der Waals surface area contributed by atoms with Crippen molar-refractivity contribution in [1.29, 1.82) is 0 Å². The van der Waals surface area contributed by atoms with Crippen LogP contribution in [0, 0.1) is 5.82 Å². The lowest BCUT2D eigenvalue weighted by Crippen LogP contribution is -2.44. The number of rotatable bonds is 4. The highest BCUT2D eigenvalue weighted by Gasteiger charge is 2.32. The number of methoxy groups -OCH3 is 2. The third-order valence-corrected chi connectivity index (χ3v) is 5.14. The molecule has 0 aliphatic carbocycles. The minimum absolute atomic E-state index is 0.143. The molecule has 0 saturated carbocycles. The highest BCUT2D eigenvalue weighted by Crippen LogP contribution is 2.33. The van der Waals surface area contributed by atoms with Gasteiger partial charge in [0.15, 0.2) is 11.5 Å². The number of ether oxygens (including phenoxy) is 3. The van der Waals surface area contributed by atoms with Crippen LogP contribution in [0.1, 0.15) is 6.92 Å². The number of hydrogen-bond acceptors (Lipinski definition) is 5. The van der Waals surface area contributed by atoms with Gasteiger partial charge in [-0.15, -0.1) is 0 Å². The van der Waals surface area contributed by atoms with Gasteiger partial charge in [-0.2, -0.15) is 4.31 Å². The van der Waals surface area contributed by atoms with E-state index in [1.807, 2.05) is 0 Å². The lowest BCUT2D eigenvalue weighted by atomic mass is 10.3. The molecule has 1 aliphatic heterocycles. The fourth-order valence-corrected chi connectivity index (χ4v) is 3.74. The van der Waals surface area contributed by atoms with Gasteiger partial charge in [0.1, 0.15) is 10.7 Å². The Morgan fingerprint density at radius 3 is 2.48 bits per heavy atom. The van der Waals surface area contributed by atoms with Gasteiger partial charge in [-0.05, 0) is 6.92 Å². The van der Waals surface area contributed by atoms with E-state index in [-0.39, 0.29) is 37.3 Å². The number of sulfonamides is 1. The Kier molecular flexibility index (Phi) is 4.70. The zero-order valence-corrected chi connectivity index (χ0v) is 12.9. The van der Waals surface area contributed by atoms with E-state index in [0.717, 1.165) is 12.1 Å². The monoisotopic (exact) mass is 319 g/mol. The minimum atomic E-state index is -3.94. The van der Waals surface area contributed by atoms with Crippen LogP contribution in [-0.4, -0.2) is 52.7 Å². The molecule has 1 aromatic rings. The summed E-state index contributed by atoms with van der Waals surface area (Å²) in [5, 5.41) is 0. The summed E-state index contributed by atoms with van der Waals surface area (Å²) >= 11 is 0. The maximum absolute atomic E-state index is 14.1. The molecule has 0 amide bonds. The van der Waals surface area contributed by atoms with Crippen LogP contribution in [0.4, 0.5) is 4.39 Å². The van der Waals surface area contributed by atoms with Crippen LogP contribution in [-0.2, 0) is 14.8 Å². The molecule has 0 aromatic heterocycles. The lowest BCUT2D eigenvalue weighted by Gasteiger charge is -2.30. The molecule has 1 fully saturated rings. The Morgan fingerprint density at radius 1 is 1.29 bits per heavy atom. The average molecular weight is 319 g/mol. The van der Waals surface area contributed by atoms with E-state index in [0.29, 0.717) is 0 Å². The molecule has 0 radical (unpaired) electrons. The van der Waals surface area contributed by atoms with Crippen molar-refractivity contribution in [3.63, 3.8) is 0 Å². The first kappa shape index (κ1) is 16.0.